The van der Waals surface area contributed by atoms with Crippen molar-refractivity contribution in [2.45, 2.75) is 44.9 Å². The zero-order valence-electron chi connectivity index (χ0n) is 10.9. The fraction of sp³-hybridized carbons (Fsp3) is 0.917. The Morgan fingerprint density at radius 1 is 1.53 bits per heavy atom. The molecule has 5 heteroatoms. The molecule has 0 aliphatic carbocycles. The number of carboxylic acids is 1. The molecule has 0 radical (unpaired) electrons. The van der Waals surface area contributed by atoms with Crippen LogP contribution in [0.15, 0.2) is 0 Å². The minimum atomic E-state index is -0.817. The van der Waals surface area contributed by atoms with E-state index in [9.17, 15) is 9.18 Å². The molecule has 0 aromatic heterocycles. The van der Waals surface area contributed by atoms with Crippen LogP contribution >= 0.6 is 0 Å². The summed E-state index contributed by atoms with van der Waals surface area (Å²) in [6.07, 6.45) is 0.663. The summed E-state index contributed by atoms with van der Waals surface area (Å²) < 4.78 is 13.4. The van der Waals surface area contributed by atoms with E-state index in [2.05, 4.69) is 18.7 Å². The van der Waals surface area contributed by atoms with E-state index in [0.29, 0.717) is 25.6 Å². The number of likely N-dealkylation sites (tertiary alicyclic amines) is 1. The number of carboxylic acid groups (broad SMARTS) is 1. The Bertz CT molecular complexity index is 261. The van der Waals surface area contributed by atoms with Crippen LogP contribution in [0.1, 0.15) is 26.7 Å². The van der Waals surface area contributed by atoms with Crippen molar-refractivity contribution in [3.8, 4) is 0 Å². The smallest absolute Gasteiger partial charge is 0.317 e. The fourth-order valence-electron chi connectivity index (χ4n) is 2.49. The number of rotatable bonds is 5. The molecule has 1 saturated heterocycles. The number of halogens is 1. The van der Waals surface area contributed by atoms with E-state index in [1.807, 2.05) is 0 Å². The Hall–Kier alpha value is -0.680. The van der Waals surface area contributed by atoms with Crippen LogP contribution in [0.2, 0.25) is 0 Å². The molecule has 0 amide bonds. The zero-order chi connectivity index (χ0) is 13.0. The molecule has 1 aliphatic heterocycles. The maximum absolute atomic E-state index is 13.4. The first-order valence-electron chi connectivity index (χ1n) is 6.20. The Balaban J connectivity index is 2.52. The molecule has 17 heavy (non-hydrogen) atoms. The summed E-state index contributed by atoms with van der Waals surface area (Å²) in [7, 11) is 1.80. The largest absolute Gasteiger partial charge is 0.480 e. The highest BCUT2D eigenvalue weighted by atomic mass is 19.1. The van der Waals surface area contributed by atoms with Gasteiger partial charge in [-0.05, 0) is 33.7 Å². The van der Waals surface area contributed by atoms with E-state index in [0.717, 1.165) is 6.42 Å². The van der Waals surface area contributed by atoms with Crippen LogP contribution in [0.3, 0.4) is 0 Å². The van der Waals surface area contributed by atoms with Crippen LogP contribution in [0.25, 0.3) is 0 Å². The predicted molar refractivity (Wildman–Crippen MR) is 64.9 cm³/mol. The van der Waals surface area contributed by atoms with Crippen LogP contribution in [-0.2, 0) is 4.79 Å². The predicted octanol–water partition coefficient (Wildman–Crippen LogP) is 1.21. The standard InChI is InChI=1S/C12H23FN2O2/c1-9(2)15-6-10(13)4-5-11(15)7-14(3)8-12(16)17/h9-11H,4-8H2,1-3H3,(H,16,17). The van der Waals surface area contributed by atoms with Crippen molar-refractivity contribution >= 4 is 5.97 Å². The van der Waals surface area contributed by atoms with E-state index < -0.39 is 12.1 Å². The first-order valence-corrected chi connectivity index (χ1v) is 6.20. The van der Waals surface area contributed by atoms with Crippen LogP contribution in [0, 0.1) is 0 Å². The molecule has 1 heterocycles. The molecule has 2 atom stereocenters. The lowest BCUT2D eigenvalue weighted by molar-refractivity contribution is -0.138. The van der Waals surface area contributed by atoms with E-state index in [1.165, 1.54) is 0 Å². The van der Waals surface area contributed by atoms with Gasteiger partial charge in [0.1, 0.15) is 6.17 Å². The highest BCUT2D eigenvalue weighted by molar-refractivity contribution is 5.69. The zero-order valence-corrected chi connectivity index (χ0v) is 10.9. The average molecular weight is 246 g/mol. The van der Waals surface area contributed by atoms with E-state index in [-0.39, 0.29) is 12.6 Å². The Morgan fingerprint density at radius 3 is 2.71 bits per heavy atom. The highest BCUT2D eigenvalue weighted by Crippen LogP contribution is 2.22. The first kappa shape index (κ1) is 14.4. The molecule has 2 unspecified atom stereocenters. The lowest BCUT2D eigenvalue weighted by Crippen LogP contribution is -2.52. The first-order chi connectivity index (χ1) is 7.90. The van der Waals surface area contributed by atoms with Crippen molar-refractivity contribution in [1.82, 2.24) is 9.80 Å². The van der Waals surface area contributed by atoms with Crippen molar-refractivity contribution in [3.63, 3.8) is 0 Å². The second-order valence-electron chi connectivity index (χ2n) is 5.21. The number of hydrogen-bond donors (Lipinski definition) is 1. The normalized spacial score (nSPS) is 26.7. The average Bonchev–Trinajstić information content (AvgIpc) is 2.19. The van der Waals surface area contributed by atoms with Crippen LogP contribution < -0.4 is 0 Å². The van der Waals surface area contributed by atoms with Gasteiger partial charge in [-0.25, -0.2) is 4.39 Å². The summed E-state index contributed by atoms with van der Waals surface area (Å²) >= 11 is 0. The van der Waals surface area contributed by atoms with Gasteiger partial charge in [0.2, 0.25) is 0 Å². The van der Waals surface area contributed by atoms with Gasteiger partial charge < -0.3 is 5.11 Å². The second kappa shape index (κ2) is 6.31. The molecule has 0 aromatic carbocycles. The molecule has 100 valence electrons. The number of likely N-dealkylation sites (N-methyl/N-ethyl adjacent to an activating group) is 1. The van der Waals surface area contributed by atoms with Gasteiger partial charge in [0.15, 0.2) is 0 Å². The topological polar surface area (TPSA) is 43.8 Å². The minimum absolute atomic E-state index is 0.0431. The number of nitrogens with zero attached hydrogens (tertiary/aromatic N) is 2. The highest BCUT2D eigenvalue weighted by Gasteiger charge is 2.30. The molecule has 1 aliphatic rings. The second-order valence-corrected chi connectivity index (χ2v) is 5.21. The minimum Gasteiger partial charge on any atom is -0.480 e. The molecule has 0 spiro atoms. The van der Waals surface area contributed by atoms with Crippen LogP contribution in [0.5, 0.6) is 0 Å². The van der Waals surface area contributed by atoms with Crippen molar-refractivity contribution in [1.29, 1.82) is 0 Å². The molecule has 0 bridgehead atoms. The number of hydrogen-bond acceptors (Lipinski definition) is 3. The summed E-state index contributed by atoms with van der Waals surface area (Å²) in [6.45, 7) is 5.33. The third kappa shape index (κ3) is 4.60. The third-order valence-electron chi connectivity index (χ3n) is 3.28. The van der Waals surface area contributed by atoms with Crippen molar-refractivity contribution in [2.75, 3.05) is 26.7 Å². The Kier molecular flexibility index (Phi) is 5.33. The lowest BCUT2D eigenvalue weighted by Gasteiger charge is -2.41. The molecule has 1 N–H and O–H groups in total. The number of alkyl halides is 1. The molecule has 1 fully saturated rings. The summed E-state index contributed by atoms with van der Waals surface area (Å²) in [5.41, 5.74) is 0. The van der Waals surface area contributed by atoms with E-state index >= 15 is 0 Å². The van der Waals surface area contributed by atoms with E-state index in [4.69, 9.17) is 5.11 Å². The lowest BCUT2D eigenvalue weighted by atomic mass is 9.98. The van der Waals surface area contributed by atoms with Gasteiger partial charge in [-0.1, -0.05) is 0 Å². The Labute approximate surface area is 102 Å². The third-order valence-corrected chi connectivity index (χ3v) is 3.28. The maximum Gasteiger partial charge on any atom is 0.317 e. The SMILES string of the molecule is CC(C)N1CC(F)CCC1CN(C)CC(=O)O. The van der Waals surface area contributed by atoms with Crippen LogP contribution in [0.4, 0.5) is 4.39 Å². The van der Waals surface area contributed by atoms with E-state index in [1.54, 1.807) is 11.9 Å². The quantitative estimate of drug-likeness (QED) is 0.792. The summed E-state index contributed by atoms with van der Waals surface area (Å²) in [4.78, 5) is 14.5. The van der Waals surface area contributed by atoms with Crippen molar-refractivity contribution in [3.05, 3.63) is 0 Å². The summed E-state index contributed by atoms with van der Waals surface area (Å²) in [5.74, 6) is -0.817. The summed E-state index contributed by atoms with van der Waals surface area (Å²) in [5, 5.41) is 8.72. The van der Waals surface area contributed by atoms with Crippen LogP contribution in [-0.4, -0.2) is 65.8 Å². The molecule has 0 saturated carbocycles. The monoisotopic (exact) mass is 246 g/mol. The fourth-order valence-corrected chi connectivity index (χ4v) is 2.49. The molecule has 1 rings (SSSR count). The maximum atomic E-state index is 13.4. The molecule has 0 aromatic rings. The number of carbonyl (C=O) groups is 1. The molecular formula is C12H23FN2O2. The van der Waals surface area contributed by atoms with Crippen molar-refractivity contribution in [2.24, 2.45) is 0 Å². The van der Waals surface area contributed by atoms with Gasteiger partial charge in [0, 0.05) is 25.2 Å². The van der Waals surface area contributed by atoms with Crippen molar-refractivity contribution < 1.29 is 14.3 Å². The van der Waals surface area contributed by atoms with Gasteiger partial charge in [-0.3, -0.25) is 14.6 Å². The molecule has 4 nitrogen and oxygen atoms in total. The summed E-state index contributed by atoms with van der Waals surface area (Å²) in [6, 6.07) is 0.572. The van der Waals surface area contributed by atoms with Gasteiger partial charge in [0.05, 0.1) is 6.54 Å². The van der Waals surface area contributed by atoms with Gasteiger partial charge in [0.25, 0.3) is 0 Å². The van der Waals surface area contributed by atoms with Gasteiger partial charge in [-0.15, -0.1) is 0 Å². The van der Waals surface area contributed by atoms with Gasteiger partial charge in [-0.2, -0.15) is 0 Å². The number of piperidine rings is 1. The van der Waals surface area contributed by atoms with Gasteiger partial charge >= 0.3 is 5.97 Å². The number of aliphatic carboxylic acids is 1. The Morgan fingerprint density at radius 2 is 2.18 bits per heavy atom. The molecular weight excluding hydrogens is 223 g/mol.